The Morgan fingerprint density at radius 3 is 2.17 bits per heavy atom. The standard InChI is InChI=1S/C14H11NO3/c1-2-9-7-14(9,8-16)15-12(17)10-5-3-4-6-11(10)13(15)18/h2-6,8-9H,1,7H2/t9-,14-/m1/s1. The van der Waals surface area contributed by atoms with Crippen LogP contribution in [-0.2, 0) is 4.79 Å². The van der Waals surface area contributed by atoms with E-state index in [0.29, 0.717) is 23.8 Å². The number of rotatable bonds is 3. The first-order chi connectivity index (χ1) is 8.65. The fourth-order valence-corrected chi connectivity index (χ4v) is 2.59. The normalized spacial score (nSPS) is 29.1. The molecule has 0 N–H and O–H groups in total. The summed E-state index contributed by atoms with van der Waals surface area (Å²) in [5.41, 5.74) is -0.258. The number of carbonyl (C=O) groups excluding carboxylic acids is 3. The van der Waals surface area contributed by atoms with Crippen molar-refractivity contribution in [2.45, 2.75) is 12.0 Å². The van der Waals surface area contributed by atoms with Gasteiger partial charge in [-0.05, 0) is 18.6 Å². The molecule has 1 aromatic rings. The first kappa shape index (κ1) is 10.9. The zero-order valence-electron chi connectivity index (χ0n) is 9.63. The lowest BCUT2D eigenvalue weighted by Gasteiger charge is -2.21. The Labute approximate surface area is 104 Å². The van der Waals surface area contributed by atoms with Crippen LogP contribution in [0.5, 0.6) is 0 Å². The number of fused-ring (bicyclic) bond motifs is 1. The Hall–Kier alpha value is -2.23. The molecule has 2 amide bonds. The number of imide groups is 1. The minimum absolute atomic E-state index is 0.128. The summed E-state index contributed by atoms with van der Waals surface area (Å²) in [6.45, 7) is 3.63. The van der Waals surface area contributed by atoms with E-state index in [-0.39, 0.29) is 17.7 Å². The maximum absolute atomic E-state index is 12.2. The summed E-state index contributed by atoms with van der Waals surface area (Å²) in [5, 5.41) is 0. The van der Waals surface area contributed by atoms with Gasteiger partial charge >= 0.3 is 0 Å². The van der Waals surface area contributed by atoms with Crippen LogP contribution in [0.4, 0.5) is 0 Å². The fraction of sp³-hybridized carbons (Fsp3) is 0.214. The summed E-state index contributed by atoms with van der Waals surface area (Å²) in [4.78, 5) is 36.8. The number of hydrogen-bond donors (Lipinski definition) is 0. The van der Waals surface area contributed by atoms with Crippen molar-refractivity contribution >= 4 is 18.1 Å². The Bertz CT molecular complexity index is 557. The van der Waals surface area contributed by atoms with E-state index in [1.807, 2.05) is 0 Å². The summed E-state index contributed by atoms with van der Waals surface area (Å²) in [6.07, 6.45) is 2.80. The molecule has 1 aliphatic heterocycles. The number of aldehydes is 1. The Morgan fingerprint density at radius 2 is 1.78 bits per heavy atom. The van der Waals surface area contributed by atoms with Gasteiger partial charge in [0.1, 0.15) is 11.8 Å². The van der Waals surface area contributed by atoms with Crippen LogP contribution < -0.4 is 0 Å². The van der Waals surface area contributed by atoms with E-state index in [0.717, 1.165) is 4.90 Å². The van der Waals surface area contributed by atoms with Crippen LogP contribution in [0.15, 0.2) is 36.9 Å². The quantitative estimate of drug-likeness (QED) is 0.457. The third-order valence-corrected chi connectivity index (χ3v) is 3.73. The number of nitrogens with zero attached hydrogens (tertiary/aromatic N) is 1. The van der Waals surface area contributed by atoms with Gasteiger partial charge in [-0.3, -0.25) is 14.5 Å². The van der Waals surface area contributed by atoms with E-state index < -0.39 is 5.54 Å². The highest BCUT2D eigenvalue weighted by Crippen LogP contribution is 2.50. The molecule has 1 aromatic carbocycles. The predicted molar refractivity (Wildman–Crippen MR) is 64.0 cm³/mol. The molecule has 0 radical (unpaired) electrons. The highest BCUT2D eigenvalue weighted by molar-refractivity contribution is 6.23. The molecule has 0 unspecified atom stereocenters. The lowest BCUT2D eigenvalue weighted by atomic mass is 10.1. The van der Waals surface area contributed by atoms with Gasteiger partial charge in [-0.2, -0.15) is 0 Å². The van der Waals surface area contributed by atoms with E-state index in [4.69, 9.17) is 0 Å². The molecular formula is C14H11NO3. The Morgan fingerprint density at radius 1 is 1.22 bits per heavy atom. The van der Waals surface area contributed by atoms with Gasteiger partial charge in [0, 0.05) is 5.92 Å². The molecule has 0 bridgehead atoms. The SMILES string of the molecule is C=C[C@@H]1C[C@]1(C=O)N1C(=O)c2ccccc2C1=O. The molecule has 2 aliphatic rings. The average molecular weight is 241 g/mol. The molecule has 3 rings (SSSR count). The first-order valence-electron chi connectivity index (χ1n) is 5.72. The van der Waals surface area contributed by atoms with Crippen LogP contribution in [0.2, 0.25) is 0 Å². The van der Waals surface area contributed by atoms with E-state index in [2.05, 4.69) is 6.58 Å². The predicted octanol–water partition coefficient (Wildman–Crippen LogP) is 1.43. The molecule has 1 aliphatic carbocycles. The van der Waals surface area contributed by atoms with Crippen LogP contribution in [0.3, 0.4) is 0 Å². The number of hydrogen-bond acceptors (Lipinski definition) is 3. The molecule has 2 atom stereocenters. The van der Waals surface area contributed by atoms with Crippen LogP contribution in [-0.4, -0.2) is 28.5 Å². The van der Waals surface area contributed by atoms with Crippen molar-refractivity contribution in [3.63, 3.8) is 0 Å². The van der Waals surface area contributed by atoms with Crippen molar-refractivity contribution in [3.8, 4) is 0 Å². The van der Waals surface area contributed by atoms with Crippen LogP contribution in [0.1, 0.15) is 27.1 Å². The van der Waals surface area contributed by atoms with Gasteiger partial charge in [0.2, 0.25) is 0 Å². The van der Waals surface area contributed by atoms with E-state index in [1.54, 1.807) is 30.3 Å². The molecule has 0 saturated heterocycles. The lowest BCUT2D eigenvalue weighted by molar-refractivity contribution is -0.112. The Balaban J connectivity index is 2.08. The van der Waals surface area contributed by atoms with E-state index in [9.17, 15) is 14.4 Å². The summed E-state index contributed by atoms with van der Waals surface area (Å²) in [7, 11) is 0. The average Bonchev–Trinajstić information content (AvgIpc) is 3.07. The smallest absolute Gasteiger partial charge is 0.262 e. The van der Waals surface area contributed by atoms with Gasteiger partial charge in [0.05, 0.1) is 11.1 Å². The van der Waals surface area contributed by atoms with Crippen molar-refractivity contribution in [2.75, 3.05) is 0 Å². The molecule has 0 spiro atoms. The molecule has 90 valence electrons. The zero-order valence-corrected chi connectivity index (χ0v) is 9.63. The summed E-state index contributed by atoms with van der Waals surface area (Å²) in [5.74, 6) is -0.892. The van der Waals surface area contributed by atoms with E-state index >= 15 is 0 Å². The minimum Gasteiger partial charge on any atom is -0.301 e. The second kappa shape index (κ2) is 3.38. The second-order valence-electron chi connectivity index (χ2n) is 4.65. The van der Waals surface area contributed by atoms with Crippen molar-refractivity contribution in [1.82, 2.24) is 4.90 Å². The summed E-state index contributed by atoms with van der Waals surface area (Å²) >= 11 is 0. The number of carbonyl (C=O) groups is 3. The van der Waals surface area contributed by atoms with Crippen LogP contribution >= 0.6 is 0 Å². The van der Waals surface area contributed by atoms with Crippen molar-refractivity contribution in [2.24, 2.45) is 5.92 Å². The second-order valence-corrected chi connectivity index (χ2v) is 4.65. The van der Waals surface area contributed by atoms with E-state index in [1.165, 1.54) is 0 Å². The first-order valence-corrected chi connectivity index (χ1v) is 5.72. The largest absolute Gasteiger partial charge is 0.301 e. The molecule has 1 heterocycles. The summed E-state index contributed by atoms with van der Waals surface area (Å²) in [6, 6.07) is 6.64. The molecule has 1 saturated carbocycles. The Kier molecular flexibility index (Phi) is 2.05. The maximum atomic E-state index is 12.2. The molecule has 18 heavy (non-hydrogen) atoms. The lowest BCUT2D eigenvalue weighted by Crippen LogP contribution is -2.44. The van der Waals surface area contributed by atoms with Crippen LogP contribution in [0, 0.1) is 5.92 Å². The molecule has 4 nitrogen and oxygen atoms in total. The van der Waals surface area contributed by atoms with Gasteiger partial charge < -0.3 is 4.79 Å². The van der Waals surface area contributed by atoms with Crippen LogP contribution in [0.25, 0.3) is 0 Å². The molecule has 1 fully saturated rings. The van der Waals surface area contributed by atoms with Crippen molar-refractivity contribution in [1.29, 1.82) is 0 Å². The fourth-order valence-electron chi connectivity index (χ4n) is 2.59. The molecule has 0 aromatic heterocycles. The van der Waals surface area contributed by atoms with Gasteiger partial charge in [-0.1, -0.05) is 18.2 Å². The summed E-state index contributed by atoms with van der Waals surface area (Å²) < 4.78 is 0. The highest BCUT2D eigenvalue weighted by Gasteiger charge is 2.62. The van der Waals surface area contributed by atoms with Gasteiger partial charge in [-0.15, -0.1) is 6.58 Å². The van der Waals surface area contributed by atoms with Gasteiger partial charge in [0.25, 0.3) is 11.8 Å². The van der Waals surface area contributed by atoms with Gasteiger partial charge in [0.15, 0.2) is 0 Å². The monoisotopic (exact) mass is 241 g/mol. The third kappa shape index (κ3) is 1.12. The third-order valence-electron chi connectivity index (χ3n) is 3.73. The zero-order chi connectivity index (χ0) is 12.9. The maximum Gasteiger partial charge on any atom is 0.262 e. The highest BCUT2D eigenvalue weighted by atomic mass is 16.2. The number of benzene rings is 1. The topological polar surface area (TPSA) is 54.5 Å². The van der Waals surface area contributed by atoms with Crippen molar-refractivity contribution < 1.29 is 14.4 Å². The molecular weight excluding hydrogens is 230 g/mol. The van der Waals surface area contributed by atoms with Crippen molar-refractivity contribution in [3.05, 3.63) is 48.0 Å². The number of amides is 2. The minimum atomic E-state index is -1.01. The molecule has 4 heteroatoms. The van der Waals surface area contributed by atoms with Gasteiger partial charge in [-0.25, -0.2) is 0 Å².